The van der Waals surface area contributed by atoms with Gasteiger partial charge in [0.1, 0.15) is 0 Å². The van der Waals surface area contributed by atoms with Crippen LogP contribution in [0.2, 0.25) is 0 Å². The predicted molar refractivity (Wildman–Crippen MR) is 108 cm³/mol. The van der Waals surface area contributed by atoms with Crippen molar-refractivity contribution >= 4 is 0 Å². The van der Waals surface area contributed by atoms with Crippen LogP contribution < -0.4 is 0 Å². The van der Waals surface area contributed by atoms with Crippen LogP contribution in [0.4, 0.5) is 0 Å². The molecule has 0 atom stereocenters. The van der Waals surface area contributed by atoms with Crippen molar-refractivity contribution in [3.63, 3.8) is 0 Å². The van der Waals surface area contributed by atoms with E-state index >= 15 is 0 Å². The summed E-state index contributed by atoms with van der Waals surface area (Å²) in [5.74, 6) is 0. The van der Waals surface area contributed by atoms with Crippen LogP contribution in [-0.4, -0.2) is 39.6 Å². The zero-order valence-electron chi connectivity index (χ0n) is 17.4. The summed E-state index contributed by atoms with van der Waals surface area (Å²) >= 11 is 0. The normalized spacial score (nSPS) is 11.3. The predicted octanol–water partition coefficient (Wildman–Crippen LogP) is 6.54. The minimum atomic E-state index is 0.692. The summed E-state index contributed by atoms with van der Waals surface area (Å²) in [5.41, 5.74) is 0. The summed E-state index contributed by atoms with van der Waals surface area (Å²) in [5, 5.41) is 0. The lowest BCUT2D eigenvalue weighted by Crippen LogP contribution is -2.10. The van der Waals surface area contributed by atoms with Crippen LogP contribution in [0, 0.1) is 0 Å². The van der Waals surface area contributed by atoms with Crippen LogP contribution in [0.5, 0.6) is 0 Å². The fourth-order valence-electron chi connectivity index (χ4n) is 2.86. The van der Waals surface area contributed by atoms with Gasteiger partial charge in [0.2, 0.25) is 0 Å². The van der Waals surface area contributed by atoms with Crippen molar-refractivity contribution in [2.45, 2.75) is 104 Å². The molecule has 0 fully saturated rings. The van der Waals surface area contributed by atoms with Crippen molar-refractivity contribution < 1.29 is 14.2 Å². The lowest BCUT2D eigenvalue weighted by atomic mass is 10.1. The number of ether oxygens (including phenoxy) is 3. The first-order valence-electron chi connectivity index (χ1n) is 11.1. The molecule has 0 spiro atoms. The molecule has 0 amide bonds. The van der Waals surface area contributed by atoms with E-state index in [4.69, 9.17) is 14.2 Å². The molecule has 25 heavy (non-hydrogen) atoms. The molecule has 0 aliphatic heterocycles. The fraction of sp³-hybridized carbons (Fsp3) is 1.00. The highest BCUT2D eigenvalue weighted by Crippen LogP contribution is 2.07. The van der Waals surface area contributed by atoms with Crippen LogP contribution >= 0.6 is 0 Å². The Morgan fingerprint density at radius 1 is 0.320 bits per heavy atom. The van der Waals surface area contributed by atoms with Crippen LogP contribution in [-0.2, 0) is 14.2 Å². The maximum atomic E-state index is 5.60. The number of rotatable bonds is 22. The first kappa shape index (κ1) is 24.9. The zero-order chi connectivity index (χ0) is 18.3. The Morgan fingerprint density at radius 3 is 0.960 bits per heavy atom. The first-order chi connectivity index (χ1) is 12.4. The fourth-order valence-corrected chi connectivity index (χ4v) is 2.86. The third-order valence-corrected chi connectivity index (χ3v) is 4.53. The van der Waals surface area contributed by atoms with Crippen molar-refractivity contribution in [1.29, 1.82) is 0 Å². The Morgan fingerprint density at radius 2 is 0.600 bits per heavy atom. The van der Waals surface area contributed by atoms with Crippen LogP contribution in [0.1, 0.15) is 104 Å². The first-order valence-corrected chi connectivity index (χ1v) is 11.1. The highest BCUT2D eigenvalue weighted by Gasteiger charge is 1.94. The Bertz CT molecular complexity index is 199. The minimum Gasteiger partial charge on any atom is -0.379 e. The van der Waals surface area contributed by atoms with Gasteiger partial charge < -0.3 is 14.2 Å². The number of unbranched alkanes of at least 4 members (excludes halogenated alkanes) is 12. The molecule has 0 bridgehead atoms. The van der Waals surface area contributed by atoms with E-state index in [1.54, 1.807) is 0 Å². The zero-order valence-corrected chi connectivity index (χ0v) is 17.4. The molecule has 0 aromatic heterocycles. The van der Waals surface area contributed by atoms with Gasteiger partial charge in [-0.15, -0.1) is 0 Å². The van der Waals surface area contributed by atoms with E-state index in [2.05, 4.69) is 13.8 Å². The summed E-state index contributed by atoms with van der Waals surface area (Å²) in [6.07, 6.45) is 18.7. The van der Waals surface area contributed by atoms with E-state index in [-0.39, 0.29) is 0 Å². The van der Waals surface area contributed by atoms with Gasteiger partial charge in [0.05, 0.1) is 26.4 Å². The Hall–Kier alpha value is -0.120. The van der Waals surface area contributed by atoms with Crippen LogP contribution in [0.3, 0.4) is 0 Å². The summed E-state index contributed by atoms with van der Waals surface area (Å²) < 4.78 is 16.7. The van der Waals surface area contributed by atoms with Gasteiger partial charge >= 0.3 is 0 Å². The van der Waals surface area contributed by atoms with Gasteiger partial charge in [-0.1, -0.05) is 90.9 Å². The highest BCUT2D eigenvalue weighted by atomic mass is 16.5. The van der Waals surface area contributed by atoms with Crippen LogP contribution in [0.15, 0.2) is 0 Å². The molecule has 152 valence electrons. The topological polar surface area (TPSA) is 27.7 Å². The van der Waals surface area contributed by atoms with Crippen molar-refractivity contribution in [3.8, 4) is 0 Å². The van der Waals surface area contributed by atoms with Gasteiger partial charge in [-0.2, -0.15) is 0 Å². The molecule has 0 N–H and O–H groups in total. The van der Waals surface area contributed by atoms with E-state index in [1.165, 1.54) is 89.9 Å². The van der Waals surface area contributed by atoms with Crippen LogP contribution in [0.25, 0.3) is 0 Å². The molecule has 3 nitrogen and oxygen atoms in total. The summed E-state index contributed by atoms with van der Waals surface area (Å²) in [6.45, 7) is 9.10. The van der Waals surface area contributed by atoms with Gasteiger partial charge in [-0.05, 0) is 12.8 Å². The molecule has 0 saturated carbocycles. The van der Waals surface area contributed by atoms with Gasteiger partial charge in [0.15, 0.2) is 0 Å². The summed E-state index contributed by atoms with van der Waals surface area (Å²) in [7, 11) is 0. The van der Waals surface area contributed by atoms with Crippen molar-refractivity contribution in [3.05, 3.63) is 0 Å². The van der Waals surface area contributed by atoms with Gasteiger partial charge in [-0.3, -0.25) is 0 Å². The number of hydrogen-bond donors (Lipinski definition) is 0. The average Bonchev–Trinajstić information content (AvgIpc) is 2.63. The standard InChI is InChI=1S/C22H46O3/c1-3-5-7-9-11-13-15-17-23-19-21-25-22-20-24-18-16-14-12-10-8-6-4-2/h3-22H2,1-2H3. The molecule has 0 unspecified atom stereocenters. The largest absolute Gasteiger partial charge is 0.379 e. The molecular formula is C22H46O3. The molecular weight excluding hydrogens is 312 g/mol. The van der Waals surface area contributed by atoms with E-state index in [1.807, 2.05) is 0 Å². The quantitative estimate of drug-likeness (QED) is 0.206. The smallest absolute Gasteiger partial charge is 0.0701 e. The van der Waals surface area contributed by atoms with E-state index in [0.717, 1.165) is 13.2 Å². The third-order valence-electron chi connectivity index (χ3n) is 4.53. The monoisotopic (exact) mass is 358 g/mol. The van der Waals surface area contributed by atoms with Gasteiger partial charge in [0.25, 0.3) is 0 Å². The van der Waals surface area contributed by atoms with E-state index in [9.17, 15) is 0 Å². The Balaban J connectivity index is 2.94. The lowest BCUT2D eigenvalue weighted by Gasteiger charge is -2.07. The summed E-state index contributed by atoms with van der Waals surface area (Å²) in [6, 6.07) is 0. The summed E-state index contributed by atoms with van der Waals surface area (Å²) in [4.78, 5) is 0. The Labute approximate surface area is 158 Å². The molecule has 0 heterocycles. The molecule has 0 aliphatic carbocycles. The van der Waals surface area contributed by atoms with Crippen molar-refractivity contribution in [1.82, 2.24) is 0 Å². The Kier molecular flexibility index (Phi) is 23.8. The molecule has 3 heteroatoms. The molecule has 0 radical (unpaired) electrons. The SMILES string of the molecule is CCCCCCCCCOCCOCCOCCCCCCCCC. The average molecular weight is 359 g/mol. The molecule has 0 aliphatic rings. The second kappa shape index (κ2) is 23.9. The molecule has 0 saturated heterocycles. The lowest BCUT2D eigenvalue weighted by molar-refractivity contribution is 0.0132. The number of hydrogen-bond acceptors (Lipinski definition) is 3. The molecule has 0 aromatic rings. The van der Waals surface area contributed by atoms with Gasteiger partial charge in [0, 0.05) is 13.2 Å². The second-order valence-corrected chi connectivity index (χ2v) is 7.08. The van der Waals surface area contributed by atoms with Crippen molar-refractivity contribution in [2.24, 2.45) is 0 Å². The molecule has 0 rings (SSSR count). The third kappa shape index (κ3) is 23.9. The second-order valence-electron chi connectivity index (χ2n) is 7.08. The minimum absolute atomic E-state index is 0.692. The van der Waals surface area contributed by atoms with E-state index < -0.39 is 0 Å². The van der Waals surface area contributed by atoms with Gasteiger partial charge in [-0.25, -0.2) is 0 Å². The van der Waals surface area contributed by atoms with Crippen molar-refractivity contribution in [2.75, 3.05) is 39.6 Å². The highest BCUT2D eigenvalue weighted by molar-refractivity contribution is 4.46. The molecule has 0 aromatic carbocycles. The maximum absolute atomic E-state index is 5.60. The van der Waals surface area contributed by atoms with E-state index in [0.29, 0.717) is 26.4 Å². The maximum Gasteiger partial charge on any atom is 0.0701 e.